The normalized spacial score (nSPS) is 10.3. The molecular formula is C15H24N2O2. The minimum Gasteiger partial charge on any atom is -0.493 e. The van der Waals surface area contributed by atoms with Crippen molar-refractivity contribution in [2.24, 2.45) is 5.73 Å². The largest absolute Gasteiger partial charge is 0.493 e. The number of hydrogen-bond acceptors (Lipinski definition) is 3. The average Bonchev–Trinajstić information content (AvgIpc) is 2.39. The van der Waals surface area contributed by atoms with Crippen LogP contribution in [0.2, 0.25) is 0 Å². The highest BCUT2D eigenvalue weighted by atomic mass is 16.5. The molecule has 3 N–H and O–H groups in total. The highest BCUT2D eigenvalue weighted by Crippen LogP contribution is 2.16. The van der Waals surface area contributed by atoms with Gasteiger partial charge in [0.25, 0.3) is 0 Å². The Labute approximate surface area is 115 Å². The molecule has 0 aromatic heterocycles. The number of amides is 1. The molecule has 0 fully saturated rings. The monoisotopic (exact) mass is 264 g/mol. The number of ether oxygens (including phenoxy) is 1. The molecule has 1 aromatic carbocycles. The number of rotatable bonds is 8. The van der Waals surface area contributed by atoms with E-state index in [-0.39, 0.29) is 5.91 Å². The number of nitrogens with one attached hydrogen (secondary N) is 1. The van der Waals surface area contributed by atoms with Gasteiger partial charge in [0.2, 0.25) is 5.91 Å². The van der Waals surface area contributed by atoms with Crippen LogP contribution >= 0.6 is 0 Å². The summed E-state index contributed by atoms with van der Waals surface area (Å²) in [5, 5.41) is 2.85. The van der Waals surface area contributed by atoms with Crippen molar-refractivity contribution in [3.8, 4) is 5.75 Å². The first kappa shape index (κ1) is 15.5. The average molecular weight is 264 g/mol. The topological polar surface area (TPSA) is 64.3 Å². The van der Waals surface area contributed by atoms with E-state index in [9.17, 15) is 4.79 Å². The Morgan fingerprint density at radius 2 is 2.05 bits per heavy atom. The van der Waals surface area contributed by atoms with Gasteiger partial charge in [-0.3, -0.25) is 4.79 Å². The first-order valence-electron chi connectivity index (χ1n) is 6.80. The summed E-state index contributed by atoms with van der Waals surface area (Å²) < 4.78 is 5.56. The molecule has 0 unspecified atom stereocenters. The number of unbranched alkanes of at least 4 members (excludes halogenated alkanes) is 1. The smallest absolute Gasteiger partial charge is 0.223 e. The molecule has 0 saturated carbocycles. The molecule has 0 bridgehead atoms. The first-order chi connectivity index (χ1) is 9.13. The molecule has 0 spiro atoms. The summed E-state index contributed by atoms with van der Waals surface area (Å²) in [4.78, 5) is 11.5. The van der Waals surface area contributed by atoms with Gasteiger partial charge in [0.05, 0.1) is 13.0 Å². The molecule has 0 aliphatic rings. The van der Waals surface area contributed by atoms with E-state index in [1.54, 1.807) is 0 Å². The molecule has 0 radical (unpaired) electrons. The number of carbonyl (C=O) groups is 1. The van der Waals surface area contributed by atoms with Crippen LogP contribution in [0.3, 0.4) is 0 Å². The second-order valence-electron chi connectivity index (χ2n) is 4.69. The zero-order valence-corrected chi connectivity index (χ0v) is 11.9. The zero-order chi connectivity index (χ0) is 14.1. The summed E-state index contributed by atoms with van der Waals surface area (Å²) in [6.07, 6.45) is 2.26. The number of hydrogen-bond donors (Lipinski definition) is 2. The Morgan fingerprint density at radius 1 is 1.26 bits per heavy atom. The van der Waals surface area contributed by atoms with Gasteiger partial charge in [-0.25, -0.2) is 0 Å². The maximum Gasteiger partial charge on any atom is 0.223 e. The van der Waals surface area contributed by atoms with Crippen LogP contribution in [0.15, 0.2) is 18.2 Å². The van der Waals surface area contributed by atoms with Crippen molar-refractivity contribution in [3.05, 3.63) is 29.3 Å². The molecular weight excluding hydrogens is 240 g/mol. The highest BCUT2D eigenvalue weighted by Gasteiger charge is 2.02. The first-order valence-corrected chi connectivity index (χ1v) is 6.80. The summed E-state index contributed by atoms with van der Waals surface area (Å²) in [6.45, 7) is 5.89. The summed E-state index contributed by atoms with van der Waals surface area (Å²) in [7, 11) is 0. The number of nitrogens with two attached hydrogens (primary N) is 1. The Hall–Kier alpha value is -1.55. The molecule has 0 aliphatic carbocycles. The molecule has 0 heterocycles. The maximum absolute atomic E-state index is 11.5. The van der Waals surface area contributed by atoms with Crippen LogP contribution in [0.1, 0.15) is 30.4 Å². The van der Waals surface area contributed by atoms with Crippen LogP contribution in [-0.4, -0.2) is 25.6 Å². The fourth-order valence-corrected chi connectivity index (χ4v) is 1.65. The van der Waals surface area contributed by atoms with Crippen molar-refractivity contribution >= 4 is 5.91 Å². The van der Waals surface area contributed by atoms with Crippen LogP contribution in [0, 0.1) is 13.8 Å². The Morgan fingerprint density at radius 3 is 2.74 bits per heavy atom. The van der Waals surface area contributed by atoms with Gasteiger partial charge in [0.1, 0.15) is 5.75 Å². The molecule has 1 aromatic rings. The second-order valence-corrected chi connectivity index (χ2v) is 4.69. The van der Waals surface area contributed by atoms with Crippen molar-refractivity contribution < 1.29 is 9.53 Å². The Balaban J connectivity index is 2.18. The molecule has 1 amide bonds. The fraction of sp³-hybridized carbons (Fsp3) is 0.533. The van der Waals surface area contributed by atoms with Gasteiger partial charge < -0.3 is 15.8 Å². The lowest BCUT2D eigenvalue weighted by Crippen LogP contribution is -2.26. The lowest BCUT2D eigenvalue weighted by Gasteiger charge is -2.08. The van der Waals surface area contributed by atoms with Crippen LogP contribution < -0.4 is 15.8 Å². The minimum absolute atomic E-state index is 0.0286. The summed E-state index contributed by atoms with van der Waals surface area (Å²) in [5.74, 6) is 0.847. The van der Waals surface area contributed by atoms with Gasteiger partial charge in [-0.05, 0) is 56.5 Å². The van der Waals surface area contributed by atoms with Gasteiger partial charge >= 0.3 is 0 Å². The lowest BCUT2D eigenvalue weighted by molar-refractivity contribution is -0.121. The quantitative estimate of drug-likeness (QED) is 0.705. The van der Waals surface area contributed by atoms with E-state index in [1.807, 2.05) is 25.1 Å². The van der Waals surface area contributed by atoms with E-state index in [0.29, 0.717) is 26.1 Å². The molecule has 106 valence electrons. The molecule has 0 atom stereocenters. The van der Waals surface area contributed by atoms with E-state index in [1.165, 1.54) is 11.1 Å². The van der Waals surface area contributed by atoms with Crippen molar-refractivity contribution in [3.63, 3.8) is 0 Å². The molecule has 1 rings (SSSR count). The molecule has 19 heavy (non-hydrogen) atoms. The van der Waals surface area contributed by atoms with E-state index in [0.717, 1.165) is 18.6 Å². The summed E-state index contributed by atoms with van der Waals surface area (Å²) in [6, 6.07) is 5.95. The number of carbonyl (C=O) groups excluding carboxylic acids is 1. The third-order valence-corrected chi connectivity index (χ3v) is 3.03. The zero-order valence-electron chi connectivity index (χ0n) is 11.9. The predicted molar refractivity (Wildman–Crippen MR) is 77.3 cm³/mol. The summed E-state index contributed by atoms with van der Waals surface area (Å²) >= 11 is 0. The van der Waals surface area contributed by atoms with Crippen LogP contribution in [-0.2, 0) is 4.79 Å². The third kappa shape index (κ3) is 6.25. The van der Waals surface area contributed by atoms with Crippen LogP contribution in [0.4, 0.5) is 0 Å². The van der Waals surface area contributed by atoms with Gasteiger partial charge in [-0.2, -0.15) is 0 Å². The van der Waals surface area contributed by atoms with E-state index >= 15 is 0 Å². The Bertz CT molecular complexity index is 405. The van der Waals surface area contributed by atoms with Crippen molar-refractivity contribution in [1.82, 2.24) is 5.32 Å². The third-order valence-electron chi connectivity index (χ3n) is 3.03. The predicted octanol–water partition coefficient (Wildman–Crippen LogP) is 1.93. The van der Waals surface area contributed by atoms with Crippen LogP contribution in [0.25, 0.3) is 0 Å². The SMILES string of the molecule is Cc1ccc(OCCC(=O)NCCCCN)cc1C. The Kier molecular flexibility index (Phi) is 6.97. The highest BCUT2D eigenvalue weighted by molar-refractivity contribution is 5.75. The minimum atomic E-state index is 0.0286. The fourth-order valence-electron chi connectivity index (χ4n) is 1.65. The van der Waals surface area contributed by atoms with Crippen LogP contribution in [0.5, 0.6) is 5.75 Å². The van der Waals surface area contributed by atoms with Gasteiger partial charge in [0, 0.05) is 6.54 Å². The summed E-state index contributed by atoms with van der Waals surface area (Å²) in [5.41, 5.74) is 7.82. The van der Waals surface area contributed by atoms with Gasteiger partial charge in [-0.1, -0.05) is 6.07 Å². The van der Waals surface area contributed by atoms with Crippen molar-refractivity contribution in [2.75, 3.05) is 19.7 Å². The molecule has 0 saturated heterocycles. The lowest BCUT2D eigenvalue weighted by atomic mass is 10.1. The van der Waals surface area contributed by atoms with Crippen molar-refractivity contribution in [1.29, 1.82) is 0 Å². The van der Waals surface area contributed by atoms with E-state index in [4.69, 9.17) is 10.5 Å². The molecule has 0 aliphatic heterocycles. The van der Waals surface area contributed by atoms with Gasteiger partial charge in [0.15, 0.2) is 0 Å². The number of aryl methyl sites for hydroxylation is 2. The second kappa shape index (κ2) is 8.53. The van der Waals surface area contributed by atoms with Crippen molar-refractivity contribution in [2.45, 2.75) is 33.1 Å². The molecule has 4 heteroatoms. The maximum atomic E-state index is 11.5. The molecule has 4 nitrogen and oxygen atoms in total. The van der Waals surface area contributed by atoms with E-state index in [2.05, 4.69) is 12.2 Å². The van der Waals surface area contributed by atoms with E-state index < -0.39 is 0 Å². The number of benzene rings is 1. The standard InChI is InChI=1S/C15H24N2O2/c1-12-5-6-14(11-13(12)2)19-10-7-15(18)17-9-4-3-8-16/h5-6,11H,3-4,7-10,16H2,1-2H3,(H,17,18). The van der Waals surface area contributed by atoms with Gasteiger partial charge in [-0.15, -0.1) is 0 Å².